The number of halogens is 4. The van der Waals surface area contributed by atoms with Crippen molar-refractivity contribution in [2.24, 2.45) is 5.41 Å². The van der Waals surface area contributed by atoms with Crippen molar-refractivity contribution >= 4 is 6.09 Å². The second kappa shape index (κ2) is 7.53. The summed E-state index contributed by atoms with van der Waals surface area (Å²) in [5.74, 6) is 0.103. The summed E-state index contributed by atoms with van der Waals surface area (Å²) < 4.78 is 61.1. The molecule has 1 N–H and O–H groups in total. The van der Waals surface area contributed by atoms with Crippen molar-refractivity contribution in [2.45, 2.75) is 44.1 Å². The van der Waals surface area contributed by atoms with Crippen LogP contribution in [0.5, 0.6) is 5.75 Å². The summed E-state index contributed by atoms with van der Waals surface area (Å²) in [4.78, 5) is 13.1. The number of alkyl halides is 3. The SMILES string of the molecule is O=C(O[C@H](CO)C(F)(F)F)N1CCC2(CC1)CC(Oc1cccc(F)c1)C2. The Morgan fingerprint density at radius 2 is 1.96 bits per heavy atom. The van der Waals surface area contributed by atoms with Gasteiger partial charge < -0.3 is 19.5 Å². The first-order valence-corrected chi connectivity index (χ1v) is 8.76. The topological polar surface area (TPSA) is 59.0 Å². The second-order valence-electron chi connectivity index (χ2n) is 7.19. The van der Waals surface area contributed by atoms with E-state index in [2.05, 4.69) is 4.74 Å². The molecule has 3 rings (SSSR count). The Morgan fingerprint density at radius 3 is 2.52 bits per heavy atom. The summed E-state index contributed by atoms with van der Waals surface area (Å²) in [7, 11) is 0. The van der Waals surface area contributed by atoms with Crippen LogP contribution in [0, 0.1) is 11.2 Å². The molecule has 5 nitrogen and oxygen atoms in total. The maximum atomic E-state index is 13.2. The van der Waals surface area contributed by atoms with Crippen LogP contribution in [-0.2, 0) is 4.74 Å². The minimum atomic E-state index is -4.79. The van der Waals surface area contributed by atoms with Gasteiger partial charge in [-0.3, -0.25) is 0 Å². The Bertz CT molecular complexity index is 666. The molecule has 0 bridgehead atoms. The van der Waals surface area contributed by atoms with Crippen LogP contribution in [0.3, 0.4) is 0 Å². The Hall–Kier alpha value is -2.03. The molecule has 1 heterocycles. The fourth-order valence-electron chi connectivity index (χ4n) is 3.70. The van der Waals surface area contributed by atoms with E-state index in [1.807, 2.05) is 0 Å². The molecule has 1 aliphatic carbocycles. The largest absolute Gasteiger partial charge is 0.490 e. The number of aliphatic hydroxyl groups excluding tert-OH is 1. The van der Waals surface area contributed by atoms with E-state index in [0.717, 1.165) is 12.8 Å². The number of ether oxygens (including phenoxy) is 2. The van der Waals surface area contributed by atoms with Crippen LogP contribution in [-0.4, -0.2) is 54.2 Å². The molecule has 2 fully saturated rings. The highest BCUT2D eigenvalue weighted by molar-refractivity contribution is 5.68. The zero-order valence-corrected chi connectivity index (χ0v) is 14.5. The molecule has 1 amide bonds. The molecule has 2 aliphatic rings. The standard InChI is InChI=1S/C18H21F4NO4/c19-12-2-1-3-13(8-12)26-14-9-17(10-14)4-6-23(7-5-17)16(25)27-15(11-24)18(20,21)22/h1-3,8,14-15,24H,4-7,9-11H2/t15-/m1/s1. The van der Waals surface area contributed by atoms with Gasteiger partial charge >= 0.3 is 12.3 Å². The number of aliphatic hydroxyl groups is 1. The molecule has 1 saturated carbocycles. The summed E-state index contributed by atoms with van der Waals surface area (Å²) in [6.07, 6.45) is -5.60. The molecule has 1 spiro atoms. The zero-order chi connectivity index (χ0) is 19.7. The van der Waals surface area contributed by atoms with E-state index in [1.165, 1.54) is 17.0 Å². The lowest BCUT2D eigenvalue weighted by molar-refractivity contribution is -0.215. The van der Waals surface area contributed by atoms with E-state index in [9.17, 15) is 22.4 Å². The van der Waals surface area contributed by atoms with Gasteiger partial charge in [0, 0.05) is 19.2 Å². The summed E-state index contributed by atoms with van der Waals surface area (Å²) in [6.45, 7) is -0.713. The van der Waals surface area contributed by atoms with Gasteiger partial charge in [-0.05, 0) is 43.2 Å². The average molecular weight is 391 g/mol. The number of carbonyl (C=O) groups is 1. The van der Waals surface area contributed by atoms with E-state index >= 15 is 0 Å². The minimum absolute atomic E-state index is 0.00478. The molecule has 1 atom stereocenters. The van der Waals surface area contributed by atoms with Crippen LogP contribution in [0.2, 0.25) is 0 Å². The quantitative estimate of drug-likeness (QED) is 0.798. The molecule has 1 aliphatic heterocycles. The van der Waals surface area contributed by atoms with E-state index < -0.39 is 25.0 Å². The van der Waals surface area contributed by atoms with Crippen LogP contribution in [0.4, 0.5) is 22.4 Å². The first-order chi connectivity index (χ1) is 12.7. The number of hydrogen-bond acceptors (Lipinski definition) is 4. The third-order valence-corrected chi connectivity index (χ3v) is 5.28. The van der Waals surface area contributed by atoms with E-state index in [0.29, 0.717) is 31.7 Å². The molecule has 1 aromatic rings. The first kappa shape index (κ1) is 19.7. The van der Waals surface area contributed by atoms with Crippen molar-refractivity contribution in [2.75, 3.05) is 19.7 Å². The number of nitrogens with zero attached hydrogens (tertiary/aromatic N) is 1. The highest BCUT2D eigenvalue weighted by atomic mass is 19.4. The van der Waals surface area contributed by atoms with E-state index in [1.54, 1.807) is 12.1 Å². The van der Waals surface area contributed by atoms with Crippen LogP contribution >= 0.6 is 0 Å². The van der Waals surface area contributed by atoms with Gasteiger partial charge in [-0.2, -0.15) is 13.2 Å². The summed E-state index contributed by atoms with van der Waals surface area (Å²) >= 11 is 0. The lowest BCUT2D eigenvalue weighted by Gasteiger charge is -2.51. The van der Waals surface area contributed by atoms with Crippen molar-refractivity contribution in [3.05, 3.63) is 30.1 Å². The van der Waals surface area contributed by atoms with Crippen LogP contribution in [0.15, 0.2) is 24.3 Å². The van der Waals surface area contributed by atoms with Crippen LogP contribution in [0.1, 0.15) is 25.7 Å². The van der Waals surface area contributed by atoms with E-state index in [-0.39, 0.29) is 17.3 Å². The number of carbonyl (C=O) groups excluding carboxylic acids is 1. The van der Waals surface area contributed by atoms with Gasteiger partial charge in [0.05, 0.1) is 12.7 Å². The summed E-state index contributed by atoms with van der Waals surface area (Å²) in [6, 6.07) is 5.92. The fourth-order valence-corrected chi connectivity index (χ4v) is 3.70. The first-order valence-electron chi connectivity index (χ1n) is 8.76. The molecule has 0 aromatic heterocycles. The van der Waals surface area contributed by atoms with Gasteiger partial charge in [0.15, 0.2) is 0 Å². The lowest BCUT2D eigenvalue weighted by Crippen LogP contribution is -2.52. The molecule has 0 unspecified atom stereocenters. The zero-order valence-electron chi connectivity index (χ0n) is 14.5. The third kappa shape index (κ3) is 4.63. The second-order valence-corrected chi connectivity index (χ2v) is 7.19. The van der Waals surface area contributed by atoms with Gasteiger partial charge in [0.2, 0.25) is 6.10 Å². The molecule has 0 radical (unpaired) electrons. The van der Waals surface area contributed by atoms with Crippen LogP contribution in [0.25, 0.3) is 0 Å². The van der Waals surface area contributed by atoms with Crippen molar-refractivity contribution in [3.63, 3.8) is 0 Å². The fraction of sp³-hybridized carbons (Fsp3) is 0.611. The van der Waals surface area contributed by atoms with Gasteiger partial charge in [-0.25, -0.2) is 9.18 Å². The summed E-state index contributed by atoms with van der Waals surface area (Å²) in [5.41, 5.74) is -0.00478. The van der Waals surface area contributed by atoms with Crippen molar-refractivity contribution in [1.82, 2.24) is 4.90 Å². The molecule has 1 saturated heterocycles. The number of amides is 1. The highest BCUT2D eigenvalue weighted by Gasteiger charge is 2.49. The molecular formula is C18H21F4NO4. The number of piperidine rings is 1. The highest BCUT2D eigenvalue weighted by Crippen LogP contribution is 2.50. The maximum Gasteiger partial charge on any atom is 0.427 e. The smallest absolute Gasteiger partial charge is 0.427 e. The normalized spacial score (nSPS) is 20.9. The van der Waals surface area contributed by atoms with Gasteiger partial charge in [0.1, 0.15) is 11.6 Å². The Balaban J connectivity index is 1.45. The Morgan fingerprint density at radius 1 is 1.30 bits per heavy atom. The lowest BCUT2D eigenvalue weighted by atomic mass is 9.61. The van der Waals surface area contributed by atoms with Crippen molar-refractivity contribution in [3.8, 4) is 5.75 Å². The predicted octanol–water partition coefficient (Wildman–Crippen LogP) is 3.51. The van der Waals surface area contributed by atoms with Crippen molar-refractivity contribution in [1.29, 1.82) is 0 Å². The number of benzene rings is 1. The van der Waals surface area contributed by atoms with Gasteiger partial charge in [0.25, 0.3) is 0 Å². The number of hydrogen-bond donors (Lipinski definition) is 1. The molecule has 150 valence electrons. The predicted molar refractivity (Wildman–Crippen MR) is 86.7 cm³/mol. The van der Waals surface area contributed by atoms with E-state index in [4.69, 9.17) is 9.84 Å². The van der Waals surface area contributed by atoms with Crippen molar-refractivity contribution < 1.29 is 36.9 Å². The summed E-state index contributed by atoms with van der Waals surface area (Å²) in [5, 5.41) is 8.75. The van der Waals surface area contributed by atoms with Gasteiger partial charge in [-0.15, -0.1) is 0 Å². The molecule has 27 heavy (non-hydrogen) atoms. The number of rotatable bonds is 4. The Labute approximate surface area is 153 Å². The molecular weight excluding hydrogens is 370 g/mol. The third-order valence-electron chi connectivity index (χ3n) is 5.28. The molecule has 9 heteroatoms. The monoisotopic (exact) mass is 391 g/mol. The van der Waals surface area contributed by atoms with Gasteiger partial charge in [-0.1, -0.05) is 6.07 Å². The Kier molecular flexibility index (Phi) is 5.50. The number of likely N-dealkylation sites (tertiary alicyclic amines) is 1. The molecule has 1 aromatic carbocycles. The van der Waals surface area contributed by atoms with Crippen LogP contribution < -0.4 is 4.74 Å². The maximum absolute atomic E-state index is 13.2. The average Bonchev–Trinajstić information content (AvgIpc) is 2.57. The minimum Gasteiger partial charge on any atom is -0.490 e.